The predicted molar refractivity (Wildman–Crippen MR) is 73.9 cm³/mol. The van der Waals surface area contributed by atoms with Gasteiger partial charge in [0.05, 0.1) is 0 Å². The first-order valence-electron chi connectivity index (χ1n) is 6.55. The van der Waals surface area contributed by atoms with E-state index in [1.165, 1.54) is 6.42 Å². The van der Waals surface area contributed by atoms with E-state index < -0.39 is 0 Å². The van der Waals surface area contributed by atoms with Crippen molar-refractivity contribution in [1.29, 1.82) is 0 Å². The van der Waals surface area contributed by atoms with E-state index in [4.69, 9.17) is 5.73 Å². The molecular weight excluding hydrogens is 224 g/mol. The zero-order chi connectivity index (χ0) is 12.8. The molecule has 1 amide bonds. The fourth-order valence-corrected chi connectivity index (χ4v) is 2.31. The smallest absolute Gasteiger partial charge is 0.244 e. The van der Waals surface area contributed by atoms with Gasteiger partial charge in [0, 0.05) is 18.2 Å². The number of amides is 1. The third kappa shape index (κ3) is 3.70. The van der Waals surface area contributed by atoms with Crippen molar-refractivity contribution in [3.05, 3.63) is 42.0 Å². The monoisotopic (exact) mass is 244 g/mol. The van der Waals surface area contributed by atoms with E-state index in [0.717, 1.165) is 24.8 Å². The number of nitrogens with one attached hydrogen (secondary N) is 1. The van der Waals surface area contributed by atoms with Crippen LogP contribution in [0.15, 0.2) is 36.4 Å². The first-order valence-corrected chi connectivity index (χ1v) is 6.55. The van der Waals surface area contributed by atoms with Crippen LogP contribution < -0.4 is 11.1 Å². The standard InChI is InChI=1S/C15H20N2O/c16-13-8-4-5-9-14(13)17-15(18)11-10-12-6-2-1-3-7-12/h1-3,6-7,10-11,13-14H,4-5,8-9,16H2,(H,17,18)/b11-10+/t13-,14-/m1/s1. The molecule has 18 heavy (non-hydrogen) atoms. The third-order valence-electron chi connectivity index (χ3n) is 3.37. The molecule has 0 heterocycles. The highest BCUT2D eigenvalue weighted by molar-refractivity contribution is 5.91. The number of benzene rings is 1. The Bertz CT molecular complexity index is 414. The van der Waals surface area contributed by atoms with Gasteiger partial charge < -0.3 is 11.1 Å². The molecule has 2 atom stereocenters. The number of nitrogens with two attached hydrogens (primary N) is 1. The molecule has 0 spiro atoms. The van der Waals surface area contributed by atoms with Crippen LogP contribution in [-0.4, -0.2) is 18.0 Å². The van der Waals surface area contributed by atoms with Crippen molar-refractivity contribution in [2.45, 2.75) is 37.8 Å². The molecule has 0 aliphatic heterocycles. The van der Waals surface area contributed by atoms with Crippen molar-refractivity contribution in [3.8, 4) is 0 Å². The normalized spacial score (nSPS) is 24.1. The molecule has 1 saturated carbocycles. The Kier molecular flexibility index (Phi) is 4.53. The number of carbonyl (C=O) groups is 1. The molecule has 1 aliphatic carbocycles. The minimum atomic E-state index is -0.0544. The Morgan fingerprint density at radius 3 is 2.67 bits per heavy atom. The molecular formula is C15H20N2O. The zero-order valence-corrected chi connectivity index (χ0v) is 10.5. The highest BCUT2D eigenvalue weighted by atomic mass is 16.1. The third-order valence-corrected chi connectivity index (χ3v) is 3.37. The Balaban J connectivity index is 1.86. The maximum atomic E-state index is 11.8. The second kappa shape index (κ2) is 6.36. The molecule has 3 nitrogen and oxygen atoms in total. The number of carbonyl (C=O) groups excluding carboxylic acids is 1. The van der Waals surface area contributed by atoms with Crippen LogP contribution in [0.3, 0.4) is 0 Å². The summed E-state index contributed by atoms with van der Waals surface area (Å²) in [6.45, 7) is 0. The second-order valence-electron chi connectivity index (χ2n) is 4.81. The SMILES string of the molecule is N[C@@H]1CCCC[C@H]1NC(=O)/C=C/c1ccccc1. The van der Waals surface area contributed by atoms with Crippen molar-refractivity contribution in [3.63, 3.8) is 0 Å². The highest BCUT2D eigenvalue weighted by Gasteiger charge is 2.22. The van der Waals surface area contributed by atoms with Crippen LogP contribution >= 0.6 is 0 Å². The summed E-state index contributed by atoms with van der Waals surface area (Å²) in [7, 11) is 0. The average Bonchev–Trinajstić information content (AvgIpc) is 2.40. The van der Waals surface area contributed by atoms with E-state index in [-0.39, 0.29) is 18.0 Å². The number of rotatable bonds is 3. The minimum absolute atomic E-state index is 0.0544. The Morgan fingerprint density at radius 1 is 1.22 bits per heavy atom. The second-order valence-corrected chi connectivity index (χ2v) is 4.81. The number of hydrogen-bond donors (Lipinski definition) is 2. The molecule has 0 saturated heterocycles. The predicted octanol–water partition coefficient (Wildman–Crippen LogP) is 2.09. The van der Waals surface area contributed by atoms with Crippen molar-refractivity contribution >= 4 is 12.0 Å². The van der Waals surface area contributed by atoms with Crippen LogP contribution in [0.4, 0.5) is 0 Å². The van der Waals surface area contributed by atoms with Crippen LogP contribution in [0.25, 0.3) is 6.08 Å². The topological polar surface area (TPSA) is 55.1 Å². The zero-order valence-electron chi connectivity index (χ0n) is 10.5. The molecule has 3 heteroatoms. The van der Waals surface area contributed by atoms with Gasteiger partial charge in [0.15, 0.2) is 0 Å². The van der Waals surface area contributed by atoms with Crippen LogP contribution in [0.1, 0.15) is 31.2 Å². The van der Waals surface area contributed by atoms with Gasteiger partial charge in [-0.25, -0.2) is 0 Å². The van der Waals surface area contributed by atoms with Crippen molar-refractivity contribution in [2.75, 3.05) is 0 Å². The summed E-state index contributed by atoms with van der Waals surface area (Å²) in [5.41, 5.74) is 7.02. The summed E-state index contributed by atoms with van der Waals surface area (Å²) >= 11 is 0. The molecule has 96 valence electrons. The minimum Gasteiger partial charge on any atom is -0.348 e. The van der Waals surface area contributed by atoms with E-state index in [0.29, 0.717) is 0 Å². The lowest BCUT2D eigenvalue weighted by atomic mass is 9.91. The summed E-state index contributed by atoms with van der Waals surface area (Å²) in [5.74, 6) is -0.0544. The molecule has 1 aromatic carbocycles. The molecule has 1 aliphatic rings. The van der Waals surface area contributed by atoms with Crippen LogP contribution in [0.2, 0.25) is 0 Å². The van der Waals surface area contributed by atoms with Crippen LogP contribution in [-0.2, 0) is 4.79 Å². The quantitative estimate of drug-likeness (QED) is 0.800. The maximum Gasteiger partial charge on any atom is 0.244 e. The molecule has 0 unspecified atom stereocenters. The van der Waals surface area contributed by atoms with Gasteiger partial charge in [-0.3, -0.25) is 4.79 Å². The van der Waals surface area contributed by atoms with E-state index in [1.807, 2.05) is 36.4 Å². The van der Waals surface area contributed by atoms with Gasteiger partial charge in [-0.2, -0.15) is 0 Å². The lowest BCUT2D eigenvalue weighted by molar-refractivity contribution is -0.117. The Labute approximate surface area is 108 Å². The first-order chi connectivity index (χ1) is 8.75. The van der Waals surface area contributed by atoms with Gasteiger partial charge in [-0.1, -0.05) is 43.2 Å². The lowest BCUT2D eigenvalue weighted by Crippen LogP contribution is -2.48. The molecule has 3 N–H and O–H groups in total. The lowest BCUT2D eigenvalue weighted by Gasteiger charge is -2.28. The average molecular weight is 244 g/mol. The summed E-state index contributed by atoms with van der Waals surface area (Å²) in [6, 6.07) is 10.0. The molecule has 1 fully saturated rings. The molecule has 0 aromatic heterocycles. The van der Waals surface area contributed by atoms with Crippen molar-refractivity contribution < 1.29 is 4.79 Å². The van der Waals surface area contributed by atoms with Gasteiger partial charge in [0.2, 0.25) is 5.91 Å². The summed E-state index contributed by atoms with van der Waals surface area (Å²) < 4.78 is 0. The summed E-state index contributed by atoms with van der Waals surface area (Å²) in [6.07, 6.45) is 7.73. The van der Waals surface area contributed by atoms with Crippen LogP contribution in [0.5, 0.6) is 0 Å². The van der Waals surface area contributed by atoms with Gasteiger partial charge in [0.25, 0.3) is 0 Å². The van der Waals surface area contributed by atoms with Gasteiger partial charge in [0.1, 0.15) is 0 Å². The highest BCUT2D eigenvalue weighted by Crippen LogP contribution is 2.16. The maximum absolute atomic E-state index is 11.8. The largest absolute Gasteiger partial charge is 0.348 e. The molecule has 2 rings (SSSR count). The van der Waals surface area contributed by atoms with Crippen LogP contribution in [0, 0.1) is 0 Å². The first kappa shape index (κ1) is 12.8. The van der Waals surface area contributed by atoms with E-state index in [1.54, 1.807) is 6.08 Å². The fourth-order valence-electron chi connectivity index (χ4n) is 2.31. The Hall–Kier alpha value is -1.61. The summed E-state index contributed by atoms with van der Waals surface area (Å²) in [5, 5.41) is 2.99. The summed E-state index contributed by atoms with van der Waals surface area (Å²) in [4.78, 5) is 11.8. The molecule has 1 aromatic rings. The van der Waals surface area contributed by atoms with E-state index in [2.05, 4.69) is 5.32 Å². The van der Waals surface area contributed by atoms with Gasteiger partial charge >= 0.3 is 0 Å². The number of hydrogen-bond acceptors (Lipinski definition) is 2. The molecule has 0 bridgehead atoms. The Morgan fingerprint density at radius 2 is 1.94 bits per heavy atom. The van der Waals surface area contributed by atoms with Gasteiger partial charge in [-0.05, 0) is 24.5 Å². The van der Waals surface area contributed by atoms with Crippen molar-refractivity contribution in [1.82, 2.24) is 5.32 Å². The van der Waals surface area contributed by atoms with E-state index in [9.17, 15) is 4.79 Å². The molecule has 0 radical (unpaired) electrons. The van der Waals surface area contributed by atoms with Crippen molar-refractivity contribution in [2.24, 2.45) is 5.73 Å². The van der Waals surface area contributed by atoms with Gasteiger partial charge in [-0.15, -0.1) is 0 Å². The van der Waals surface area contributed by atoms with E-state index >= 15 is 0 Å². The fraction of sp³-hybridized carbons (Fsp3) is 0.400.